The lowest BCUT2D eigenvalue weighted by Gasteiger charge is -2.64. The van der Waals surface area contributed by atoms with Crippen molar-refractivity contribution in [3.63, 3.8) is 0 Å². The number of allylic oxidation sites excluding steroid dienone is 3. The second-order valence-corrected chi connectivity index (χ2v) is 18.3. The number of carbonyl (C=O) groups excluding carboxylic acids is 1. The van der Waals surface area contributed by atoms with Gasteiger partial charge in [-0.05, 0) is 120 Å². The molecule has 0 bridgehead atoms. The van der Waals surface area contributed by atoms with Crippen LogP contribution in [0.2, 0.25) is 0 Å². The fraction of sp³-hybridized carbons (Fsp3) is 0.581. The van der Waals surface area contributed by atoms with Gasteiger partial charge in [0.25, 0.3) is 0 Å². The fourth-order valence-electron chi connectivity index (χ4n) is 12.6. The summed E-state index contributed by atoms with van der Waals surface area (Å²) in [7, 11) is 0. The smallest absolute Gasteiger partial charge is 0.331 e. The normalized spacial score (nSPS) is 39.2. The number of aliphatic hydroxyl groups is 2. The first-order valence-corrected chi connectivity index (χ1v) is 18.5. The Kier molecular flexibility index (Phi) is 6.91. The van der Waals surface area contributed by atoms with Crippen molar-refractivity contribution in [2.75, 3.05) is 0 Å². The molecule has 50 heavy (non-hydrogen) atoms. The lowest BCUT2D eigenvalue weighted by Crippen LogP contribution is -2.62. The average molecular weight is 680 g/mol. The minimum Gasteiger partial charge on any atom is -0.478 e. The number of Topliss-reactive ketones (excluding diaryl/α,β-unsaturated/α-hetero) is 1. The third-order valence-electron chi connectivity index (χ3n) is 14.8. The number of rotatable bonds is 4. The number of aliphatic hydroxyl groups excluding tert-OH is 2. The highest BCUT2D eigenvalue weighted by molar-refractivity contribution is 6.18. The number of ketones is 1. The van der Waals surface area contributed by atoms with E-state index in [0.717, 1.165) is 58.9 Å². The van der Waals surface area contributed by atoms with Gasteiger partial charge in [-0.1, -0.05) is 51.2 Å². The Balaban J connectivity index is 1.36. The highest BCUT2D eigenvalue weighted by atomic mass is 16.5. The van der Waals surface area contributed by atoms with Gasteiger partial charge in [0.1, 0.15) is 6.04 Å². The molecular formula is C43H53NO6. The van der Waals surface area contributed by atoms with Gasteiger partial charge in [-0.3, -0.25) is 4.79 Å². The Hall–Kier alpha value is -3.26. The van der Waals surface area contributed by atoms with Crippen LogP contribution in [0.5, 0.6) is 0 Å². The van der Waals surface area contributed by atoms with E-state index in [-0.39, 0.29) is 34.0 Å². The minimum absolute atomic E-state index is 0.0189. The molecule has 0 saturated heterocycles. The maximum atomic E-state index is 14.8. The van der Waals surface area contributed by atoms with Gasteiger partial charge in [0.05, 0.1) is 34.5 Å². The Morgan fingerprint density at radius 2 is 1.76 bits per heavy atom. The number of aromatic nitrogens is 1. The zero-order valence-electron chi connectivity index (χ0n) is 31.1. The molecule has 6 aliphatic rings. The van der Waals surface area contributed by atoms with Crippen molar-refractivity contribution in [1.29, 1.82) is 0 Å². The first kappa shape index (κ1) is 33.9. The molecule has 4 aliphatic carbocycles. The second-order valence-electron chi connectivity index (χ2n) is 18.3. The number of benzene rings is 1. The number of aliphatic carboxylic acids is 1. The van der Waals surface area contributed by atoms with Gasteiger partial charge >= 0.3 is 5.97 Å². The van der Waals surface area contributed by atoms with Gasteiger partial charge in [0.15, 0.2) is 5.78 Å². The van der Waals surface area contributed by atoms with Crippen LogP contribution in [0.15, 0.2) is 48.1 Å². The first-order valence-electron chi connectivity index (χ1n) is 18.5. The lowest BCUT2D eigenvalue weighted by atomic mass is 9.40. The van der Waals surface area contributed by atoms with Crippen LogP contribution >= 0.6 is 0 Å². The molecule has 7 nitrogen and oxygen atoms in total. The molecule has 3 N–H and O–H groups in total. The van der Waals surface area contributed by atoms with Crippen LogP contribution in [0.1, 0.15) is 133 Å². The van der Waals surface area contributed by atoms with E-state index in [1.807, 2.05) is 26.8 Å². The number of hydrogen-bond acceptors (Lipinski definition) is 5. The van der Waals surface area contributed by atoms with Gasteiger partial charge in [0.2, 0.25) is 0 Å². The first-order chi connectivity index (χ1) is 23.2. The number of carboxylic acid groups (broad SMARTS) is 1. The number of hydrogen-bond donors (Lipinski definition) is 3. The number of ether oxygens (including phenoxy) is 1. The van der Waals surface area contributed by atoms with Crippen molar-refractivity contribution in [1.82, 2.24) is 4.57 Å². The molecule has 7 heteroatoms. The van der Waals surface area contributed by atoms with Crippen LogP contribution in [0.3, 0.4) is 0 Å². The molecule has 2 saturated carbocycles. The van der Waals surface area contributed by atoms with Gasteiger partial charge in [-0.15, -0.1) is 0 Å². The molecule has 9 atom stereocenters. The molecule has 2 aliphatic heterocycles. The summed E-state index contributed by atoms with van der Waals surface area (Å²) in [4.78, 5) is 26.4. The van der Waals surface area contributed by atoms with Gasteiger partial charge < -0.3 is 24.6 Å². The van der Waals surface area contributed by atoms with Gasteiger partial charge in [-0.2, -0.15) is 0 Å². The molecule has 1 aromatic heterocycles. The Morgan fingerprint density at radius 3 is 2.42 bits per heavy atom. The summed E-state index contributed by atoms with van der Waals surface area (Å²) in [6, 6.07) is 1.75. The summed E-state index contributed by atoms with van der Waals surface area (Å²) in [5.41, 5.74) is 5.80. The molecule has 266 valence electrons. The van der Waals surface area contributed by atoms with E-state index in [0.29, 0.717) is 17.9 Å². The van der Waals surface area contributed by atoms with Crippen molar-refractivity contribution in [3.05, 3.63) is 76.0 Å². The summed E-state index contributed by atoms with van der Waals surface area (Å²) < 4.78 is 8.86. The quantitative estimate of drug-likeness (QED) is 0.171. The maximum Gasteiger partial charge on any atom is 0.331 e. The average Bonchev–Trinajstić information content (AvgIpc) is 3.67. The monoisotopic (exact) mass is 679 g/mol. The van der Waals surface area contributed by atoms with Crippen molar-refractivity contribution >= 4 is 28.2 Å². The summed E-state index contributed by atoms with van der Waals surface area (Å²) in [5.74, 6) is -0.702. The zero-order chi connectivity index (χ0) is 36.2. The Morgan fingerprint density at radius 1 is 1.06 bits per heavy atom. The van der Waals surface area contributed by atoms with Crippen molar-refractivity contribution < 1.29 is 29.6 Å². The molecule has 2 aromatic rings. The Labute approximate surface area is 295 Å². The predicted octanol–water partition coefficient (Wildman–Crippen LogP) is 8.18. The van der Waals surface area contributed by atoms with E-state index >= 15 is 0 Å². The van der Waals surface area contributed by atoms with E-state index in [1.165, 1.54) is 11.3 Å². The van der Waals surface area contributed by atoms with Crippen LogP contribution in [-0.2, 0) is 21.4 Å². The summed E-state index contributed by atoms with van der Waals surface area (Å²) in [5, 5.41) is 34.4. The molecule has 8 rings (SSSR count). The highest BCUT2D eigenvalue weighted by Gasteiger charge is 2.67. The van der Waals surface area contributed by atoms with Crippen LogP contribution in [0.25, 0.3) is 16.5 Å². The molecule has 2 unspecified atom stereocenters. The van der Waals surface area contributed by atoms with Crippen molar-refractivity contribution in [2.45, 2.75) is 129 Å². The second kappa shape index (κ2) is 10.2. The van der Waals surface area contributed by atoms with E-state index in [1.54, 1.807) is 13.0 Å². The number of carbonyl (C=O) groups is 2. The van der Waals surface area contributed by atoms with Crippen LogP contribution in [0, 0.1) is 28.6 Å². The minimum atomic E-state index is -0.950. The third-order valence-corrected chi connectivity index (χ3v) is 14.8. The highest BCUT2D eigenvalue weighted by Crippen LogP contribution is 2.71. The summed E-state index contributed by atoms with van der Waals surface area (Å²) in [6.45, 7) is 23.1. The zero-order valence-corrected chi connectivity index (χ0v) is 31.1. The van der Waals surface area contributed by atoms with Gasteiger partial charge in [-0.25, -0.2) is 4.79 Å². The fourth-order valence-corrected chi connectivity index (χ4v) is 12.6. The standard InChI is InChI=1S/C43H53NO6/c1-21(2)33-36(47)31-30-24(27-20-39(4,5)50-40(6,7)32(27)35(30)46)19-25-26-18-23-13-14-28-41(8,16-11-12-22(3)38(48)49)29(45)15-17-42(28,9)43(23,10)37(26)44(33)34(25)31/h11-12,16,19-20,23,28-29,32-33,35,45-46H,1,13-15,17-18H2,2-10H3,(H,48,49)/b16-11+,22-12+/t23?,28-,29-,32?,33-,35+,41-,42-,43+/m0/s1. The largest absolute Gasteiger partial charge is 0.478 e. The van der Waals surface area contributed by atoms with Crippen molar-refractivity contribution in [2.24, 2.45) is 28.6 Å². The molecule has 3 heterocycles. The molecule has 1 aromatic carbocycles. The van der Waals surface area contributed by atoms with Crippen LogP contribution < -0.4 is 0 Å². The number of carboxylic acids is 1. The third kappa shape index (κ3) is 3.98. The van der Waals surface area contributed by atoms with Crippen LogP contribution in [0.4, 0.5) is 0 Å². The summed E-state index contributed by atoms with van der Waals surface area (Å²) >= 11 is 0. The topological polar surface area (TPSA) is 109 Å². The molecular weight excluding hydrogens is 626 g/mol. The Bertz CT molecular complexity index is 2020. The summed E-state index contributed by atoms with van der Waals surface area (Å²) in [6.07, 6.45) is 10.7. The molecule has 0 spiro atoms. The van der Waals surface area contributed by atoms with E-state index in [4.69, 9.17) is 4.74 Å². The molecule has 0 radical (unpaired) electrons. The van der Waals surface area contributed by atoms with E-state index < -0.39 is 40.8 Å². The maximum absolute atomic E-state index is 14.8. The van der Waals surface area contributed by atoms with E-state index in [2.05, 4.69) is 64.0 Å². The number of fused-ring (bicyclic) bond motifs is 11. The number of nitrogens with zero attached hydrogens (tertiary/aromatic N) is 1. The van der Waals surface area contributed by atoms with Crippen molar-refractivity contribution in [3.8, 4) is 0 Å². The molecule has 2 fully saturated rings. The predicted molar refractivity (Wildman–Crippen MR) is 195 cm³/mol. The SMILES string of the molecule is C=C(C)[C@H]1C(=O)c2c3c(cc4c5c(n1c24)[C@@]1(C)C(CC[C@H]2[C@](C)(/C=C/C=C(\C)C(=O)O)[C@@H](O)CC[C@@]21C)C5)C1=CC(C)(C)OC(C)(C)C1[C@@H]3O. The van der Waals surface area contributed by atoms with E-state index in [9.17, 15) is 24.9 Å². The van der Waals surface area contributed by atoms with Crippen LogP contribution in [-0.4, -0.2) is 48.9 Å². The molecule has 0 amide bonds. The van der Waals surface area contributed by atoms with Gasteiger partial charge in [0, 0.05) is 39.0 Å². The lowest BCUT2D eigenvalue weighted by molar-refractivity contribution is -0.144.